The summed E-state index contributed by atoms with van der Waals surface area (Å²) in [5.74, 6) is 0.757. The summed E-state index contributed by atoms with van der Waals surface area (Å²) in [4.78, 5) is 3.85. The Bertz CT molecular complexity index is 528. The normalized spacial score (nSPS) is 12.1. The number of hydrogen-bond acceptors (Lipinski definition) is 4. The molecule has 1 aromatic carbocycles. The Hall–Kier alpha value is -2.37. The van der Waals surface area contributed by atoms with Crippen molar-refractivity contribution in [1.29, 1.82) is 0 Å². The molecule has 0 saturated heterocycles. The molecule has 0 saturated carbocycles. The number of methoxy groups -OCH3 is 1. The first-order valence-corrected chi connectivity index (χ1v) is 5.44. The van der Waals surface area contributed by atoms with Gasteiger partial charge in [-0.1, -0.05) is 0 Å². The molecule has 0 atom stereocenters. The van der Waals surface area contributed by atoms with Crippen molar-refractivity contribution < 1.29 is 9.48 Å². The molecule has 2 rings (SSSR count). The van der Waals surface area contributed by atoms with E-state index in [9.17, 15) is 5.21 Å². The molecule has 2 aromatic rings. The van der Waals surface area contributed by atoms with Crippen LogP contribution in [0.1, 0.15) is 5.56 Å². The zero-order valence-corrected chi connectivity index (χ0v) is 10.3. The molecular formula is C12H14N4O2. The molecule has 1 heterocycles. The molecule has 6 heteroatoms. The highest BCUT2D eigenvalue weighted by Crippen LogP contribution is 2.12. The monoisotopic (exact) mass is 246 g/mol. The molecule has 0 bridgehead atoms. The molecule has 18 heavy (non-hydrogen) atoms. The quantitative estimate of drug-likeness (QED) is 0.348. The van der Waals surface area contributed by atoms with Crippen LogP contribution < -0.4 is 4.74 Å². The average molecular weight is 246 g/mol. The molecule has 0 spiro atoms. The molecule has 6 nitrogen and oxygen atoms in total. The fraction of sp³-hybridized carbons (Fsp3) is 0.250. The molecule has 0 aliphatic heterocycles. The van der Waals surface area contributed by atoms with Gasteiger partial charge in [-0.05, 0) is 24.3 Å². The minimum atomic E-state index is 0.381. The number of hydroxylamine groups is 1. The van der Waals surface area contributed by atoms with E-state index < -0.39 is 0 Å². The second-order valence-corrected chi connectivity index (χ2v) is 3.77. The third-order valence-corrected chi connectivity index (χ3v) is 2.58. The second-order valence-electron chi connectivity index (χ2n) is 3.77. The van der Waals surface area contributed by atoms with Crippen molar-refractivity contribution >= 4 is 5.71 Å². The third-order valence-electron chi connectivity index (χ3n) is 2.58. The summed E-state index contributed by atoms with van der Waals surface area (Å²) in [6, 6.07) is 7.33. The fourth-order valence-electron chi connectivity index (χ4n) is 1.62. The van der Waals surface area contributed by atoms with E-state index in [1.54, 1.807) is 18.1 Å². The van der Waals surface area contributed by atoms with Crippen molar-refractivity contribution in [2.45, 2.75) is 6.54 Å². The number of aromatic nitrogens is 3. The Morgan fingerprint density at radius 2 is 2.11 bits per heavy atom. The minimum Gasteiger partial charge on any atom is -0.624 e. The van der Waals surface area contributed by atoms with E-state index in [1.165, 1.54) is 13.4 Å². The summed E-state index contributed by atoms with van der Waals surface area (Å²) in [5, 5.41) is 15.6. The van der Waals surface area contributed by atoms with Gasteiger partial charge >= 0.3 is 0 Å². The van der Waals surface area contributed by atoms with Crippen LogP contribution in [0.3, 0.4) is 0 Å². The SMILES string of the molecule is COc1ccc(/C(Cn2cncn2)=[N+](\C)[O-])cc1. The lowest BCUT2D eigenvalue weighted by Crippen LogP contribution is -2.20. The smallest absolute Gasteiger partial charge is 0.215 e. The number of rotatable bonds is 4. The van der Waals surface area contributed by atoms with Gasteiger partial charge in [0.2, 0.25) is 5.71 Å². The fourth-order valence-corrected chi connectivity index (χ4v) is 1.62. The first kappa shape index (κ1) is 12.1. The predicted octanol–water partition coefficient (Wildman–Crippen LogP) is 0.916. The summed E-state index contributed by atoms with van der Waals surface area (Å²) in [5.41, 5.74) is 1.45. The van der Waals surface area contributed by atoms with Crippen LogP contribution >= 0.6 is 0 Å². The summed E-state index contributed by atoms with van der Waals surface area (Å²) in [6.45, 7) is 0.381. The highest BCUT2D eigenvalue weighted by molar-refractivity contribution is 5.96. The number of hydrogen-bond donors (Lipinski definition) is 0. The molecular weight excluding hydrogens is 232 g/mol. The van der Waals surface area contributed by atoms with Gasteiger partial charge in [0.25, 0.3) is 0 Å². The highest BCUT2D eigenvalue weighted by atomic mass is 16.5. The van der Waals surface area contributed by atoms with Crippen LogP contribution in [-0.2, 0) is 6.54 Å². The van der Waals surface area contributed by atoms with E-state index >= 15 is 0 Å². The Labute approximate surface area is 105 Å². The highest BCUT2D eigenvalue weighted by Gasteiger charge is 2.12. The summed E-state index contributed by atoms with van der Waals surface area (Å²) >= 11 is 0. The summed E-state index contributed by atoms with van der Waals surface area (Å²) < 4.78 is 7.53. The lowest BCUT2D eigenvalue weighted by Gasteiger charge is -2.08. The lowest BCUT2D eigenvalue weighted by atomic mass is 10.1. The van der Waals surface area contributed by atoms with E-state index in [1.807, 2.05) is 24.3 Å². The average Bonchev–Trinajstić information content (AvgIpc) is 2.89. The molecule has 0 aliphatic carbocycles. The van der Waals surface area contributed by atoms with E-state index in [-0.39, 0.29) is 0 Å². The van der Waals surface area contributed by atoms with Crippen LogP contribution in [0.4, 0.5) is 0 Å². The maximum absolute atomic E-state index is 11.6. The van der Waals surface area contributed by atoms with Gasteiger partial charge in [-0.25, -0.2) is 14.4 Å². The maximum Gasteiger partial charge on any atom is 0.215 e. The van der Waals surface area contributed by atoms with Crippen LogP contribution in [0.15, 0.2) is 36.9 Å². The largest absolute Gasteiger partial charge is 0.624 e. The van der Waals surface area contributed by atoms with Crippen LogP contribution in [0.2, 0.25) is 0 Å². The number of benzene rings is 1. The Morgan fingerprint density at radius 3 is 2.61 bits per heavy atom. The van der Waals surface area contributed by atoms with Gasteiger partial charge < -0.3 is 9.94 Å². The lowest BCUT2D eigenvalue weighted by molar-refractivity contribution is -0.423. The van der Waals surface area contributed by atoms with Crippen LogP contribution in [0, 0.1) is 5.21 Å². The van der Waals surface area contributed by atoms with Crippen molar-refractivity contribution in [3.63, 3.8) is 0 Å². The van der Waals surface area contributed by atoms with Crippen molar-refractivity contribution in [2.24, 2.45) is 0 Å². The molecule has 0 fully saturated rings. The van der Waals surface area contributed by atoms with Gasteiger partial charge in [0.05, 0.1) is 7.11 Å². The number of ether oxygens (including phenoxy) is 1. The van der Waals surface area contributed by atoms with Gasteiger partial charge in [0.15, 0.2) is 0 Å². The Morgan fingerprint density at radius 1 is 1.39 bits per heavy atom. The molecule has 0 aliphatic rings. The van der Waals surface area contributed by atoms with Crippen molar-refractivity contribution in [2.75, 3.05) is 14.2 Å². The Kier molecular flexibility index (Phi) is 3.57. The maximum atomic E-state index is 11.6. The zero-order valence-electron chi connectivity index (χ0n) is 10.3. The summed E-state index contributed by atoms with van der Waals surface area (Å²) in [7, 11) is 3.07. The molecule has 1 aromatic heterocycles. The first-order valence-electron chi connectivity index (χ1n) is 5.44. The standard InChI is InChI=1S/C12H14N4O2/c1-15(17)12(7-16-9-13-8-14-16)10-3-5-11(18-2)6-4-10/h3-6,8-9H,7H2,1-2H3/b15-12+. The summed E-state index contributed by atoms with van der Waals surface area (Å²) in [6.07, 6.45) is 3.02. The topological polar surface area (TPSA) is 66.0 Å². The zero-order chi connectivity index (χ0) is 13.0. The van der Waals surface area contributed by atoms with Gasteiger partial charge in [-0.2, -0.15) is 5.10 Å². The molecule has 0 N–H and O–H groups in total. The predicted molar refractivity (Wildman–Crippen MR) is 66.7 cm³/mol. The van der Waals surface area contributed by atoms with Crippen LogP contribution in [0.5, 0.6) is 5.75 Å². The molecule has 0 radical (unpaired) electrons. The Balaban J connectivity index is 2.28. The van der Waals surface area contributed by atoms with Crippen LogP contribution in [0.25, 0.3) is 0 Å². The molecule has 0 unspecified atom stereocenters. The van der Waals surface area contributed by atoms with E-state index in [2.05, 4.69) is 10.1 Å². The van der Waals surface area contributed by atoms with Crippen molar-refractivity contribution in [1.82, 2.24) is 14.8 Å². The first-order chi connectivity index (χ1) is 8.70. The van der Waals surface area contributed by atoms with Crippen molar-refractivity contribution in [3.8, 4) is 5.75 Å². The van der Waals surface area contributed by atoms with Gasteiger partial charge in [-0.3, -0.25) is 0 Å². The van der Waals surface area contributed by atoms with E-state index in [0.29, 0.717) is 12.3 Å². The van der Waals surface area contributed by atoms with Crippen molar-refractivity contribution in [3.05, 3.63) is 47.7 Å². The van der Waals surface area contributed by atoms with Gasteiger partial charge in [-0.15, -0.1) is 0 Å². The van der Waals surface area contributed by atoms with E-state index in [4.69, 9.17) is 4.74 Å². The second kappa shape index (κ2) is 5.31. The minimum absolute atomic E-state index is 0.381. The van der Waals surface area contributed by atoms with Crippen LogP contribution in [-0.4, -0.2) is 39.4 Å². The number of nitrogens with zero attached hydrogens (tertiary/aromatic N) is 4. The van der Waals surface area contributed by atoms with Gasteiger partial charge in [0.1, 0.15) is 32.0 Å². The van der Waals surface area contributed by atoms with E-state index in [0.717, 1.165) is 16.1 Å². The third kappa shape index (κ3) is 2.65. The molecule has 94 valence electrons. The van der Waals surface area contributed by atoms with Gasteiger partial charge in [0, 0.05) is 5.56 Å². The molecule has 0 amide bonds.